The second-order valence-corrected chi connectivity index (χ2v) is 19.0. The van der Waals surface area contributed by atoms with Gasteiger partial charge < -0.3 is 40.3 Å². The summed E-state index contributed by atoms with van der Waals surface area (Å²) in [6.07, 6.45) is 49.0. The zero-order valence-electron chi connectivity index (χ0n) is 41.1. The van der Waals surface area contributed by atoms with Gasteiger partial charge in [-0.15, -0.1) is 0 Å². The van der Waals surface area contributed by atoms with Crippen LogP contribution in [0.15, 0.2) is 24.3 Å². The SMILES string of the molecule is CCCCC/C=C/C(O)C(COC1OC(CO)C(O)C(O)C1O)NC(=O)CCCCCCCCCCCCCCCCCCCCCCCCC/C=C\CCCCCCCCCC. The molecule has 6 N–H and O–H groups in total. The van der Waals surface area contributed by atoms with Gasteiger partial charge in [0.2, 0.25) is 5.91 Å². The summed E-state index contributed by atoms with van der Waals surface area (Å²) >= 11 is 0. The van der Waals surface area contributed by atoms with E-state index >= 15 is 0 Å². The van der Waals surface area contributed by atoms with Gasteiger partial charge in [0.15, 0.2) is 6.29 Å². The largest absolute Gasteiger partial charge is 0.394 e. The molecule has 0 aliphatic carbocycles. The summed E-state index contributed by atoms with van der Waals surface area (Å²) in [5.41, 5.74) is 0. The van der Waals surface area contributed by atoms with Crippen LogP contribution in [0.4, 0.5) is 0 Å². The van der Waals surface area contributed by atoms with E-state index in [9.17, 15) is 30.3 Å². The number of allylic oxidation sites excluding steroid dienone is 3. The van der Waals surface area contributed by atoms with E-state index in [1.54, 1.807) is 6.08 Å². The van der Waals surface area contributed by atoms with Crippen molar-refractivity contribution >= 4 is 5.91 Å². The third kappa shape index (κ3) is 34.6. The molecule has 0 radical (unpaired) electrons. The summed E-state index contributed by atoms with van der Waals surface area (Å²) in [7, 11) is 0. The summed E-state index contributed by atoms with van der Waals surface area (Å²) < 4.78 is 11.1. The number of amides is 1. The van der Waals surface area contributed by atoms with E-state index in [-0.39, 0.29) is 12.5 Å². The van der Waals surface area contributed by atoms with Gasteiger partial charge >= 0.3 is 0 Å². The quantitative estimate of drug-likeness (QED) is 0.0261. The molecule has 9 heteroatoms. The molecule has 9 nitrogen and oxygen atoms in total. The van der Waals surface area contributed by atoms with Crippen molar-refractivity contribution in [2.75, 3.05) is 13.2 Å². The molecular formula is C54H103NO8. The van der Waals surface area contributed by atoms with E-state index in [2.05, 4.69) is 31.3 Å². The molecule has 0 spiro atoms. The van der Waals surface area contributed by atoms with Crippen molar-refractivity contribution in [3.63, 3.8) is 0 Å². The van der Waals surface area contributed by atoms with Crippen LogP contribution in [0.3, 0.4) is 0 Å². The van der Waals surface area contributed by atoms with Gasteiger partial charge in [-0.1, -0.05) is 231 Å². The van der Waals surface area contributed by atoms with Crippen LogP contribution in [0.5, 0.6) is 0 Å². The monoisotopic (exact) mass is 894 g/mol. The Kier molecular flexibility index (Phi) is 42.2. The maximum atomic E-state index is 12.9. The fourth-order valence-corrected chi connectivity index (χ4v) is 8.68. The number of rotatable bonds is 46. The molecule has 1 aliphatic heterocycles. The highest BCUT2D eigenvalue weighted by atomic mass is 16.7. The van der Waals surface area contributed by atoms with Crippen molar-refractivity contribution in [3.8, 4) is 0 Å². The van der Waals surface area contributed by atoms with Crippen LogP contribution < -0.4 is 5.32 Å². The van der Waals surface area contributed by atoms with Crippen LogP contribution in [0.25, 0.3) is 0 Å². The first-order valence-electron chi connectivity index (χ1n) is 27.1. The molecule has 1 amide bonds. The number of hydrogen-bond acceptors (Lipinski definition) is 8. The first kappa shape index (κ1) is 59.7. The Morgan fingerprint density at radius 2 is 0.889 bits per heavy atom. The van der Waals surface area contributed by atoms with E-state index in [1.165, 1.54) is 193 Å². The smallest absolute Gasteiger partial charge is 0.220 e. The molecule has 1 fully saturated rings. The summed E-state index contributed by atoms with van der Waals surface area (Å²) in [5, 5.41) is 53.8. The van der Waals surface area contributed by atoms with Gasteiger partial charge in [0, 0.05) is 6.42 Å². The molecule has 0 aromatic heterocycles. The van der Waals surface area contributed by atoms with Crippen LogP contribution in [-0.4, -0.2) is 87.5 Å². The Morgan fingerprint density at radius 3 is 1.32 bits per heavy atom. The standard InChI is InChI=1S/C54H103NO8/c1-3-5-7-9-10-11-12-13-14-15-16-17-18-19-20-21-22-23-24-25-26-27-28-29-30-31-32-33-34-35-36-37-38-40-42-44-50(58)55-47(48(57)43-41-39-8-6-4-2)46-62-54-53(61)52(60)51(59)49(45-56)63-54/h15-16,41,43,47-49,51-54,56-57,59-61H,3-14,17-40,42,44-46H2,1-2H3,(H,55,58)/b16-15-,43-41+. The van der Waals surface area contributed by atoms with Crippen LogP contribution >= 0.6 is 0 Å². The Hall–Kier alpha value is -1.33. The molecule has 0 bridgehead atoms. The zero-order chi connectivity index (χ0) is 45.9. The predicted octanol–water partition coefficient (Wildman–Crippen LogP) is 12.6. The molecule has 1 saturated heterocycles. The van der Waals surface area contributed by atoms with Crippen molar-refractivity contribution in [1.29, 1.82) is 0 Å². The number of nitrogens with one attached hydrogen (secondary N) is 1. The second-order valence-electron chi connectivity index (χ2n) is 19.0. The average Bonchev–Trinajstić information content (AvgIpc) is 3.28. The fourth-order valence-electron chi connectivity index (χ4n) is 8.68. The van der Waals surface area contributed by atoms with Gasteiger partial charge in [0.1, 0.15) is 24.4 Å². The average molecular weight is 894 g/mol. The van der Waals surface area contributed by atoms with Crippen molar-refractivity contribution in [1.82, 2.24) is 5.32 Å². The Balaban J connectivity index is 1.96. The molecule has 0 aromatic rings. The van der Waals surface area contributed by atoms with E-state index in [4.69, 9.17) is 9.47 Å². The first-order valence-corrected chi connectivity index (χ1v) is 27.1. The summed E-state index contributed by atoms with van der Waals surface area (Å²) in [6.45, 7) is 3.67. The normalized spacial score (nSPS) is 20.3. The lowest BCUT2D eigenvalue weighted by molar-refractivity contribution is -0.302. The van der Waals surface area contributed by atoms with Crippen LogP contribution in [0, 0.1) is 0 Å². The van der Waals surface area contributed by atoms with E-state index in [0.29, 0.717) is 6.42 Å². The molecule has 372 valence electrons. The minimum Gasteiger partial charge on any atom is -0.394 e. The molecule has 1 heterocycles. The number of ether oxygens (including phenoxy) is 2. The van der Waals surface area contributed by atoms with Gasteiger partial charge in [-0.3, -0.25) is 4.79 Å². The lowest BCUT2D eigenvalue weighted by Gasteiger charge is -2.40. The lowest BCUT2D eigenvalue weighted by atomic mass is 9.99. The molecule has 63 heavy (non-hydrogen) atoms. The molecule has 1 rings (SSSR count). The maximum Gasteiger partial charge on any atom is 0.220 e. The topological polar surface area (TPSA) is 149 Å². The van der Waals surface area contributed by atoms with Crippen LogP contribution in [0.2, 0.25) is 0 Å². The molecule has 7 atom stereocenters. The number of aliphatic hydroxyl groups is 5. The minimum atomic E-state index is -1.56. The maximum absolute atomic E-state index is 12.9. The van der Waals surface area contributed by atoms with Gasteiger partial charge in [0.05, 0.1) is 25.4 Å². The molecule has 0 aromatic carbocycles. The Bertz CT molecular complexity index is 1040. The number of carbonyl (C=O) groups excluding carboxylic acids is 1. The van der Waals surface area contributed by atoms with Crippen molar-refractivity contribution < 1.29 is 39.8 Å². The Morgan fingerprint density at radius 1 is 0.524 bits per heavy atom. The number of carbonyl (C=O) groups is 1. The van der Waals surface area contributed by atoms with Crippen molar-refractivity contribution in [3.05, 3.63) is 24.3 Å². The van der Waals surface area contributed by atoms with Gasteiger partial charge in [0.25, 0.3) is 0 Å². The molecular weight excluding hydrogens is 791 g/mol. The minimum absolute atomic E-state index is 0.180. The highest BCUT2D eigenvalue weighted by molar-refractivity contribution is 5.76. The first-order chi connectivity index (χ1) is 30.8. The van der Waals surface area contributed by atoms with E-state index in [0.717, 1.165) is 44.9 Å². The number of aliphatic hydroxyl groups excluding tert-OH is 5. The van der Waals surface area contributed by atoms with Crippen LogP contribution in [0.1, 0.15) is 258 Å². The summed E-state index contributed by atoms with van der Waals surface area (Å²) in [6, 6.07) is -0.797. The highest BCUT2D eigenvalue weighted by Gasteiger charge is 2.44. The summed E-state index contributed by atoms with van der Waals surface area (Å²) in [4.78, 5) is 12.9. The zero-order valence-corrected chi connectivity index (χ0v) is 41.1. The second kappa shape index (κ2) is 44.5. The molecule has 1 aliphatic rings. The van der Waals surface area contributed by atoms with E-state index in [1.807, 2.05) is 6.08 Å². The van der Waals surface area contributed by atoms with Gasteiger partial charge in [-0.05, 0) is 44.9 Å². The number of hydrogen-bond donors (Lipinski definition) is 6. The third-order valence-corrected chi connectivity index (χ3v) is 13.0. The third-order valence-electron chi connectivity index (χ3n) is 13.0. The van der Waals surface area contributed by atoms with E-state index < -0.39 is 49.5 Å². The van der Waals surface area contributed by atoms with Gasteiger partial charge in [-0.2, -0.15) is 0 Å². The predicted molar refractivity (Wildman–Crippen MR) is 263 cm³/mol. The lowest BCUT2D eigenvalue weighted by Crippen LogP contribution is -2.60. The van der Waals surface area contributed by atoms with Crippen LogP contribution in [-0.2, 0) is 14.3 Å². The molecule has 0 saturated carbocycles. The van der Waals surface area contributed by atoms with Crippen molar-refractivity contribution in [2.45, 2.75) is 301 Å². The Labute approximate surface area is 388 Å². The van der Waals surface area contributed by atoms with Gasteiger partial charge in [-0.25, -0.2) is 0 Å². The highest BCUT2D eigenvalue weighted by Crippen LogP contribution is 2.23. The van der Waals surface area contributed by atoms with Crippen molar-refractivity contribution in [2.24, 2.45) is 0 Å². The summed E-state index contributed by atoms with van der Waals surface area (Å²) in [5.74, 6) is -0.180. The molecule has 7 unspecified atom stereocenters. The number of unbranched alkanes of at least 4 members (excludes halogenated alkanes) is 34. The fraction of sp³-hybridized carbons (Fsp3) is 0.907.